The van der Waals surface area contributed by atoms with Crippen LogP contribution in [-0.2, 0) is 0 Å². The molecule has 3 nitrogen and oxygen atoms in total. The third-order valence-corrected chi connectivity index (χ3v) is 3.87. The molecule has 1 heterocycles. The molecule has 0 amide bonds. The Bertz CT molecular complexity index is 637. The summed E-state index contributed by atoms with van der Waals surface area (Å²) in [5.74, 6) is 1.66. The Morgan fingerprint density at radius 2 is 1.85 bits per heavy atom. The van der Waals surface area contributed by atoms with Gasteiger partial charge >= 0.3 is 0 Å². The van der Waals surface area contributed by atoms with Crippen molar-refractivity contribution in [2.24, 2.45) is 0 Å². The third-order valence-electron chi connectivity index (χ3n) is 3.87. The van der Waals surface area contributed by atoms with Crippen LogP contribution in [0.2, 0.25) is 0 Å². The number of hydrogen-bond donors (Lipinski definition) is 1. The molecule has 0 aliphatic carbocycles. The summed E-state index contributed by atoms with van der Waals surface area (Å²) in [6, 6.07) is 12.6. The highest BCUT2D eigenvalue weighted by Crippen LogP contribution is 2.35. The van der Waals surface area contributed by atoms with Crippen molar-refractivity contribution >= 4 is 5.69 Å². The molecule has 0 radical (unpaired) electrons. The first-order valence-electron chi connectivity index (χ1n) is 6.87. The molecular weight excluding hydrogens is 250 g/mol. The monoisotopic (exact) mass is 269 g/mol. The van der Waals surface area contributed by atoms with E-state index in [4.69, 9.17) is 9.47 Å². The molecule has 1 unspecified atom stereocenters. The van der Waals surface area contributed by atoms with Crippen molar-refractivity contribution in [1.29, 1.82) is 0 Å². The Balaban J connectivity index is 1.82. The summed E-state index contributed by atoms with van der Waals surface area (Å²) in [5, 5.41) is 3.56. The van der Waals surface area contributed by atoms with E-state index in [-0.39, 0.29) is 6.04 Å². The van der Waals surface area contributed by atoms with E-state index in [0.717, 1.165) is 11.5 Å². The fourth-order valence-electron chi connectivity index (χ4n) is 2.41. The number of ether oxygens (including phenoxy) is 2. The van der Waals surface area contributed by atoms with Crippen LogP contribution in [0.3, 0.4) is 0 Å². The number of anilines is 1. The summed E-state index contributed by atoms with van der Waals surface area (Å²) in [6.07, 6.45) is 0. The zero-order valence-electron chi connectivity index (χ0n) is 12.1. The molecule has 1 aliphatic rings. The first kappa shape index (κ1) is 12.9. The van der Waals surface area contributed by atoms with Crippen LogP contribution >= 0.6 is 0 Å². The van der Waals surface area contributed by atoms with Gasteiger partial charge in [-0.05, 0) is 55.7 Å². The van der Waals surface area contributed by atoms with E-state index < -0.39 is 0 Å². The maximum absolute atomic E-state index is 5.43. The van der Waals surface area contributed by atoms with Crippen molar-refractivity contribution in [1.82, 2.24) is 0 Å². The summed E-state index contributed by atoms with van der Waals surface area (Å²) >= 11 is 0. The van der Waals surface area contributed by atoms with E-state index in [9.17, 15) is 0 Å². The summed E-state index contributed by atoms with van der Waals surface area (Å²) in [5.41, 5.74) is 4.96. The van der Waals surface area contributed by atoms with Gasteiger partial charge in [0.2, 0.25) is 6.79 Å². The molecule has 0 saturated carbocycles. The second-order valence-electron chi connectivity index (χ2n) is 5.23. The fourth-order valence-corrected chi connectivity index (χ4v) is 2.41. The summed E-state index contributed by atoms with van der Waals surface area (Å²) < 4.78 is 10.8. The van der Waals surface area contributed by atoms with Gasteiger partial charge in [-0.3, -0.25) is 0 Å². The molecule has 2 aromatic carbocycles. The summed E-state index contributed by atoms with van der Waals surface area (Å²) in [6.45, 7) is 6.74. The molecule has 20 heavy (non-hydrogen) atoms. The predicted molar refractivity (Wildman–Crippen MR) is 80.5 cm³/mol. The zero-order chi connectivity index (χ0) is 14.1. The molecule has 0 aromatic heterocycles. The molecule has 1 N–H and O–H groups in total. The average molecular weight is 269 g/mol. The Morgan fingerprint density at radius 1 is 1.05 bits per heavy atom. The maximum Gasteiger partial charge on any atom is 0.231 e. The van der Waals surface area contributed by atoms with Crippen LogP contribution in [0, 0.1) is 13.8 Å². The normalized spacial score (nSPS) is 14.2. The lowest BCUT2D eigenvalue weighted by Crippen LogP contribution is -2.08. The van der Waals surface area contributed by atoms with Crippen molar-refractivity contribution in [3.8, 4) is 11.5 Å². The van der Waals surface area contributed by atoms with Gasteiger partial charge in [-0.15, -0.1) is 0 Å². The Kier molecular flexibility index (Phi) is 3.26. The summed E-state index contributed by atoms with van der Waals surface area (Å²) in [4.78, 5) is 0. The molecule has 2 aromatic rings. The Hall–Kier alpha value is -2.16. The van der Waals surface area contributed by atoms with Gasteiger partial charge in [0, 0.05) is 11.7 Å². The molecule has 0 bridgehead atoms. The Morgan fingerprint density at radius 3 is 2.70 bits per heavy atom. The first-order chi connectivity index (χ1) is 9.65. The number of aryl methyl sites for hydroxylation is 1. The molecule has 0 saturated heterocycles. The van der Waals surface area contributed by atoms with Gasteiger partial charge in [-0.25, -0.2) is 0 Å². The average Bonchev–Trinajstić information content (AvgIpc) is 2.91. The molecule has 1 atom stereocenters. The minimum absolute atomic E-state index is 0.213. The molecule has 104 valence electrons. The number of rotatable bonds is 3. The van der Waals surface area contributed by atoms with Gasteiger partial charge in [-0.2, -0.15) is 0 Å². The van der Waals surface area contributed by atoms with Gasteiger partial charge in [0.25, 0.3) is 0 Å². The smallest absolute Gasteiger partial charge is 0.231 e. The van der Waals surface area contributed by atoms with Crippen LogP contribution < -0.4 is 14.8 Å². The quantitative estimate of drug-likeness (QED) is 0.905. The zero-order valence-corrected chi connectivity index (χ0v) is 12.1. The van der Waals surface area contributed by atoms with Gasteiger partial charge in [0.1, 0.15) is 0 Å². The van der Waals surface area contributed by atoms with Crippen LogP contribution in [-0.4, -0.2) is 6.79 Å². The lowest BCUT2D eigenvalue weighted by molar-refractivity contribution is 0.174. The standard InChI is InChI=1S/C17H19NO2/c1-11-5-4-6-15(12(11)2)18-13(3)14-7-8-16-17(9-14)20-10-19-16/h4-9,13,18H,10H2,1-3H3. The molecule has 3 rings (SSSR count). The van der Waals surface area contributed by atoms with E-state index in [0.29, 0.717) is 6.79 Å². The molecule has 0 fully saturated rings. The highest BCUT2D eigenvalue weighted by Gasteiger charge is 2.16. The fraction of sp³-hybridized carbons (Fsp3) is 0.294. The molecule has 1 aliphatic heterocycles. The van der Waals surface area contributed by atoms with Gasteiger partial charge < -0.3 is 14.8 Å². The lowest BCUT2D eigenvalue weighted by Gasteiger charge is -2.18. The van der Waals surface area contributed by atoms with Gasteiger partial charge in [-0.1, -0.05) is 18.2 Å². The SMILES string of the molecule is Cc1cccc(NC(C)c2ccc3c(c2)OCO3)c1C. The Labute approximate surface area is 119 Å². The topological polar surface area (TPSA) is 30.5 Å². The number of nitrogens with one attached hydrogen (secondary N) is 1. The number of hydrogen-bond acceptors (Lipinski definition) is 3. The van der Waals surface area contributed by atoms with Gasteiger partial charge in [0.15, 0.2) is 11.5 Å². The van der Waals surface area contributed by atoms with Crippen LogP contribution in [0.15, 0.2) is 36.4 Å². The molecular formula is C17H19NO2. The van der Waals surface area contributed by atoms with E-state index in [1.807, 2.05) is 12.1 Å². The molecule has 3 heteroatoms. The maximum atomic E-state index is 5.43. The van der Waals surface area contributed by atoms with E-state index >= 15 is 0 Å². The highest BCUT2D eigenvalue weighted by atomic mass is 16.7. The third kappa shape index (κ3) is 2.31. The van der Waals surface area contributed by atoms with Crippen LogP contribution in [0.25, 0.3) is 0 Å². The van der Waals surface area contributed by atoms with E-state index in [1.165, 1.54) is 22.4 Å². The van der Waals surface area contributed by atoms with Gasteiger partial charge in [0.05, 0.1) is 0 Å². The summed E-state index contributed by atoms with van der Waals surface area (Å²) in [7, 11) is 0. The van der Waals surface area contributed by atoms with Crippen molar-refractivity contribution in [2.75, 3.05) is 12.1 Å². The second-order valence-corrected chi connectivity index (χ2v) is 5.23. The van der Waals surface area contributed by atoms with E-state index in [1.54, 1.807) is 0 Å². The van der Waals surface area contributed by atoms with Crippen LogP contribution in [0.5, 0.6) is 11.5 Å². The van der Waals surface area contributed by atoms with Crippen molar-refractivity contribution in [3.63, 3.8) is 0 Å². The molecule has 0 spiro atoms. The van der Waals surface area contributed by atoms with Crippen molar-refractivity contribution in [2.45, 2.75) is 26.8 Å². The number of fused-ring (bicyclic) bond motifs is 1. The van der Waals surface area contributed by atoms with E-state index in [2.05, 4.69) is 50.4 Å². The highest BCUT2D eigenvalue weighted by molar-refractivity contribution is 5.55. The number of benzene rings is 2. The second kappa shape index (κ2) is 5.08. The minimum Gasteiger partial charge on any atom is -0.454 e. The van der Waals surface area contributed by atoms with Crippen molar-refractivity contribution in [3.05, 3.63) is 53.1 Å². The van der Waals surface area contributed by atoms with Crippen LogP contribution in [0.4, 0.5) is 5.69 Å². The van der Waals surface area contributed by atoms with Crippen LogP contribution in [0.1, 0.15) is 29.7 Å². The largest absolute Gasteiger partial charge is 0.454 e. The first-order valence-corrected chi connectivity index (χ1v) is 6.87. The van der Waals surface area contributed by atoms with Crippen molar-refractivity contribution < 1.29 is 9.47 Å². The predicted octanol–water partition coefficient (Wildman–Crippen LogP) is 4.21. The minimum atomic E-state index is 0.213. The lowest BCUT2D eigenvalue weighted by atomic mass is 10.0.